The number of carboxylic acids is 1. The molecule has 6 nitrogen and oxygen atoms in total. The topological polar surface area (TPSA) is 77.2 Å². The highest BCUT2D eigenvalue weighted by Gasteiger charge is 2.20. The van der Waals surface area contributed by atoms with Crippen LogP contribution in [0.4, 0.5) is 0 Å². The Hall–Kier alpha value is -1.73. The van der Waals surface area contributed by atoms with Crippen molar-refractivity contribution in [1.29, 1.82) is 0 Å². The fourth-order valence-electron chi connectivity index (χ4n) is 1.77. The molecule has 0 radical (unpaired) electrons. The number of aromatic carboxylic acids is 1. The molecule has 0 atom stereocenters. The van der Waals surface area contributed by atoms with Crippen molar-refractivity contribution in [1.82, 2.24) is 15.0 Å². The molecule has 7 heteroatoms. The molecule has 0 saturated heterocycles. The number of unbranched alkanes of at least 4 members (excludes halogenated alkanes) is 1. The van der Waals surface area contributed by atoms with Gasteiger partial charge in [-0.1, -0.05) is 24.6 Å². The number of ether oxygens (including phenoxy) is 1. The number of carbonyl (C=O) groups is 1. The van der Waals surface area contributed by atoms with Gasteiger partial charge in [-0.05, 0) is 17.9 Å². The van der Waals surface area contributed by atoms with Crippen LogP contribution in [0.1, 0.15) is 30.3 Å². The molecular weight excluding hydrogens is 278 g/mol. The molecule has 0 unspecified atom stereocenters. The third-order valence-electron chi connectivity index (χ3n) is 2.78. The number of carboxylic acid groups (broad SMARTS) is 1. The molecule has 0 amide bonds. The Kier molecular flexibility index (Phi) is 5.25. The normalized spacial score (nSPS) is 10.8. The van der Waals surface area contributed by atoms with Crippen molar-refractivity contribution >= 4 is 17.3 Å². The summed E-state index contributed by atoms with van der Waals surface area (Å²) in [5, 5.41) is 18.8. The molecule has 2 heterocycles. The molecule has 0 fully saturated rings. The lowest BCUT2D eigenvalue weighted by Gasteiger charge is -2.06. The quantitative estimate of drug-likeness (QED) is 0.757. The predicted molar refractivity (Wildman–Crippen MR) is 76.0 cm³/mol. The van der Waals surface area contributed by atoms with Gasteiger partial charge in [-0.25, -0.2) is 9.48 Å². The Bertz CT molecular complexity index is 551. The van der Waals surface area contributed by atoms with Crippen molar-refractivity contribution < 1.29 is 14.6 Å². The standard InChI is InChI=1S/C13H17N3O3S/c1-2-3-7-19-8-6-16-12(10-5-4-9-20-10)11(13(17)18)14-15-16/h4-5,9H,2-3,6-8H2,1H3,(H,17,18). The van der Waals surface area contributed by atoms with E-state index in [1.807, 2.05) is 17.5 Å². The summed E-state index contributed by atoms with van der Waals surface area (Å²) in [6.45, 7) is 3.82. The van der Waals surface area contributed by atoms with Crippen molar-refractivity contribution in [2.75, 3.05) is 13.2 Å². The highest BCUT2D eigenvalue weighted by Crippen LogP contribution is 2.26. The first-order valence-electron chi connectivity index (χ1n) is 6.52. The van der Waals surface area contributed by atoms with Crippen molar-refractivity contribution in [3.05, 3.63) is 23.2 Å². The maximum atomic E-state index is 11.2. The van der Waals surface area contributed by atoms with Crippen LogP contribution in [0.25, 0.3) is 10.6 Å². The van der Waals surface area contributed by atoms with Gasteiger partial charge in [0.2, 0.25) is 0 Å². The van der Waals surface area contributed by atoms with Crippen molar-refractivity contribution in [2.24, 2.45) is 0 Å². The predicted octanol–water partition coefficient (Wildman–Crippen LogP) is 2.52. The van der Waals surface area contributed by atoms with E-state index in [1.54, 1.807) is 4.68 Å². The van der Waals surface area contributed by atoms with Gasteiger partial charge in [0.05, 0.1) is 18.0 Å². The zero-order valence-electron chi connectivity index (χ0n) is 11.3. The van der Waals surface area contributed by atoms with E-state index in [1.165, 1.54) is 11.3 Å². The summed E-state index contributed by atoms with van der Waals surface area (Å²) in [6.07, 6.45) is 2.11. The van der Waals surface area contributed by atoms with Gasteiger partial charge in [-0.3, -0.25) is 0 Å². The minimum atomic E-state index is -1.06. The van der Waals surface area contributed by atoms with Gasteiger partial charge in [-0.15, -0.1) is 16.4 Å². The minimum absolute atomic E-state index is 0.0130. The molecule has 0 aromatic carbocycles. The Morgan fingerprint density at radius 2 is 2.35 bits per heavy atom. The van der Waals surface area contributed by atoms with Gasteiger partial charge in [0.15, 0.2) is 5.69 Å². The molecule has 108 valence electrons. The number of rotatable bonds is 8. The van der Waals surface area contributed by atoms with E-state index in [0.717, 1.165) is 17.7 Å². The van der Waals surface area contributed by atoms with Crippen LogP contribution in [0.3, 0.4) is 0 Å². The molecule has 20 heavy (non-hydrogen) atoms. The molecule has 2 rings (SSSR count). The molecule has 0 spiro atoms. The molecule has 0 aliphatic rings. The van der Waals surface area contributed by atoms with Crippen LogP contribution >= 0.6 is 11.3 Å². The van der Waals surface area contributed by atoms with Crippen LogP contribution in [0.15, 0.2) is 17.5 Å². The number of hydrogen-bond donors (Lipinski definition) is 1. The summed E-state index contributed by atoms with van der Waals surface area (Å²) in [4.78, 5) is 12.1. The summed E-state index contributed by atoms with van der Waals surface area (Å²) < 4.78 is 7.09. The molecule has 0 aliphatic carbocycles. The SMILES string of the molecule is CCCCOCCn1nnc(C(=O)O)c1-c1cccs1. The van der Waals surface area contributed by atoms with E-state index in [9.17, 15) is 9.90 Å². The molecule has 2 aromatic rings. The molecule has 0 bridgehead atoms. The van der Waals surface area contributed by atoms with E-state index >= 15 is 0 Å². The van der Waals surface area contributed by atoms with Gasteiger partial charge in [0.1, 0.15) is 5.69 Å². The maximum absolute atomic E-state index is 11.2. The van der Waals surface area contributed by atoms with Crippen LogP contribution in [-0.4, -0.2) is 39.3 Å². The summed E-state index contributed by atoms with van der Waals surface area (Å²) >= 11 is 1.47. The first kappa shape index (κ1) is 14.7. The van der Waals surface area contributed by atoms with Crippen LogP contribution in [0.5, 0.6) is 0 Å². The maximum Gasteiger partial charge on any atom is 0.358 e. The first-order valence-corrected chi connectivity index (χ1v) is 7.40. The molecule has 0 aliphatic heterocycles. The van der Waals surface area contributed by atoms with E-state index in [-0.39, 0.29) is 5.69 Å². The van der Waals surface area contributed by atoms with Crippen LogP contribution in [0, 0.1) is 0 Å². The Morgan fingerprint density at radius 3 is 3.00 bits per heavy atom. The fourth-order valence-corrected chi connectivity index (χ4v) is 2.54. The third kappa shape index (κ3) is 3.43. The highest BCUT2D eigenvalue weighted by molar-refractivity contribution is 7.13. The fraction of sp³-hybridized carbons (Fsp3) is 0.462. The first-order chi connectivity index (χ1) is 9.74. The smallest absolute Gasteiger partial charge is 0.358 e. The van der Waals surface area contributed by atoms with Gasteiger partial charge >= 0.3 is 5.97 Å². The zero-order valence-corrected chi connectivity index (χ0v) is 12.1. The lowest BCUT2D eigenvalue weighted by molar-refractivity contribution is 0.0691. The van der Waals surface area contributed by atoms with Gasteiger partial charge < -0.3 is 9.84 Å². The van der Waals surface area contributed by atoms with Crippen LogP contribution in [-0.2, 0) is 11.3 Å². The number of hydrogen-bond acceptors (Lipinski definition) is 5. The summed E-state index contributed by atoms with van der Waals surface area (Å²) in [5.74, 6) is -1.06. The van der Waals surface area contributed by atoms with Gasteiger partial charge in [0.25, 0.3) is 0 Å². The van der Waals surface area contributed by atoms with Gasteiger partial charge in [-0.2, -0.15) is 0 Å². The monoisotopic (exact) mass is 295 g/mol. The Labute approximate surface area is 121 Å². The van der Waals surface area contributed by atoms with E-state index in [4.69, 9.17) is 4.74 Å². The zero-order chi connectivity index (χ0) is 14.4. The minimum Gasteiger partial charge on any atom is -0.476 e. The van der Waals surface area contributed by atoms with Crippen molar-refractivity contribution in [3.8, 4) is 10.6 Å². The average molecular weight is 295 g/mol. The molecule has 0 saturated carbocycles. The van der Waals surface area contributed by atoms with Crippen molar-refractivity contribution in [2.45, 2.75) is 26.3 Å². The molecular formula is C13H17N3O3S. The number of nitrogens with zero attached hydrogens (tertiary/aromatic N) is 3. The summed E-state index contributed by atoms with van der Waals surface area (Å²) in [6, 6.07) is 3.74. The largest absolute Gasteiger partial charge is 0.476 e. The summed E-state index contributed by atoms with van der Waals surface area (Å²) in [7, 11) is 0. The Balaban J connectivity index is 2.11. The second-order valence-electron chi connectivity index (χ2n) is 4.26. The second-order valence-corrected chi connectivity index (χ2v) is 5.21. The highest BCUT2D eigenvalue weighted by atomic mass is 32.1. The Morgan fingerprint density at radius 1 is 1.50 bits per heavy atom. The number of aromatic nitrogens is 3. The molecule has 1 N–H and O–H groups in total. The third-order valence-corrected chi connectivity index (χ3v) is 3.66. The lowest BCUT2D eigenvalue weighted by atomic mass is 10.2. The van der Waals surface area contributed by atoms with Gasteiger partial charge in [0, 0.05) is 6.61 Å². The number of thiophene rings is 1. The van der Waals surface area contributed by atoms with Crippen LogP contribution in [0.2, 0.25) is 0 Å². The van der Waals surface area contributed by atoms with E-state index in [2.05, 4.69) is 17.2 Å². The van der Waals surface area contributed by atoms with E-state index in [0.29, 0.717) is 25.5 Å². The lowest BCUT2D eigenvalue weighted by Crippen LogP contribution is -2.10. The van der Waals surface area contributed by atoms with Crippen molar-refractivity contribution in [3.63, 3.8) is 0 Å². The van der Waals surface area contributed by atoms with E-state index < -0.39 is 5.97 Å². The summed E-state index contributed by atoms with van der Waals surface area (Å²) in [5.41, 5.74) is 0.535. The average Bonchev–Trinajstić information content (AvgIpc) is 3.06. The van der Waals surface area contributed by atoms with Crippen LogP contribution < -0.4 is 0 Å². The molecule has 2 aromatic heterocycles. The second kappa shape index (κ2) is 7.16.